The highest BCUT2D eigenvalue weighted by Gasteiger charge is 2.30. The molecule has 3 heterocycles. The third-order valence-corrected chi connectivity index (χ3v) is 5.58. The Bertz CT molecular complexity index is 857. The summed E-state index contributed by atoms with van der Waals surface area (Å²) in [6.45, 7) is 7.21. The number of nitrogens with one attached hydrogen (secondary N) is 1. The van der Waals surface area contributed by atoms with Gasteiger partial charge in [0, 0.05) is 25.5 Å². The van der Waals surface area contributed by atoms with E-state index in [1.54, 1.807) is 12.3 Å². The number of hydrogen-bond acceptors (Lipinski definition) is 5. The largest absolute Gasteiger partial charge is 0.481 e. The van der Waals surface area contributed by atoms with E-state index >= 15 is 0 Å². The molecule has 2 N–H and O–H groups in total. The Morgan fingerprint density at radius 1 is 1.39 bits per heavy atom. The number of amides is 1. The molecule has 152 valence electrons. The first-order valence-corrected chi connectivity index (χ1v) is 9.86. The Balaban J connectivity index is 1.81. The predicted octanol–water partition coefficient (Wildman–Crippen LogP) is 2.57. The van der Waals surface area contributed by atoms with Gasteiger partial charge in [0.15, 0.2) is 5.65 Å². The fourth-order valence-corrected chi connectivity index (χ4v) is 3.70. The van der Waals surface area contributed by atoms with Gasteiger partial charge in [-0.3, -0.25) is 9.59 Å². The van der Waals surface area contributed by atoms with Crippen molar-refractivity contribution in [3.63, 3.8) is 0 Å². The quantitative estimate of drug-likeness (QED) is 0.755. The van der Waals surface area contributed by atoms with E-state index in [2.05, 4.69) is 29.2 Å². The number of carbonyl (C=O) groups is 2. The molecule has 0 aliphatic carbocycles. The lowest BCUT2D eigenvalue weighted by atomic mass is 9.86. The van der Waals surface area contributed by atoms with Gasteiger partial charge in [-0.15, -0.1) is 0 Å². The molecule has 0 bridgehead atoms. The lowest BCUT2D eigenvalue weighted by Gasteiger charge is -2.27. The van der Waals surface area contributed by atoms with Crippen molar-refractivity contribution in [2.75, 3.05) is 19.8 Å². The Labute approximate surface area is 164 Å². The van der Waals surface area contributed by atoms with Crippen LogP contribution in [0.4, 0.5) is 0 Å². The Kier molecular flexibility index (Phi) is 6.28. The van der Waals surface area contributed by atoms with Crippen LogP contribution in [0.5, 0.6) is 0 Å². The second kappa shape index (κ2) is 8.68. The summed E-state index contributed by atoms with van der Waals surface area (Å²) < 4.78 is 7.15. The van der Waals surface area contributed by atoms with Crippen LogP contribution in [0, 0.1) is 18.8 Å². The van der Waals surface area contributed by atoms with E-state index in [1.165, 1.54) is 0 Å². The lowest BCUT2D eigenvalue weighted by molar-refractivity contribution is -0.144. The molecule has 28 heavy (non-hydrogen) atoms. The Hall–Kier alpha value is -2.48. The van der Waals surface area contributed by atoms with Gasteiger partial charge >= 0.3 is 5.97 Å². The van der Waals surface area contributed by atoms with Crippen molar-refractivity contribution in [3.8, 4) is 0 Å². The standard InChI is InChI=1S/C20H28N4O4/c1-4-13(3)24-18-17(11-22-24)15(9-12(2)23-18)19(25)21-10-16(20(26)27)14-5-7-28-8-6-14/h9,11,13-14,16H,4-8,10H2,1-3H3,(H,21,25)(H,26,27). The van der Waals surface area contributed by atoms with E-state index in [0.29, 0.717) is 42.7 Å². The molecule has 3 rings (SSSR count). The maximum absolute atomic E-state index is 12.9. The van der Waals surface area contributed by atoms with Crippen molar-refractivity contribution in [3.05, 3.63) is 23.5 Å². The van der Waals surface area contributed by atoms with Crippen LogP contribution < -0.4 is 5.32 Å². The second-order valence-electron chi connectivity index (χ2n) is 7.50. The van der Waals surface area contributed by atoms with Crippen LogP contribution in [-0.4, -0.2) is 51.5 Å². The summed E-state index contributed by atoms with van der Waals surface area (Å²) in [5, 5.41) is 17.5. The number of aryl methyl sites for hydroxylation is 1. The SMILES string of the molecule is CCC(C)n1ncc2c(C(=O)NCC(C(=O)O)C3CCOCC3)cc(C)nc21. The molecule has 1 saturated heterocycles. The Morgan fingerprint density at radius 3 is 2.75 bits per heavy atom. The van der Waals surface area contributed by atoms with Crippen molar-refractivity contribution >= 4 is 22.9 Å². The average molecular weight is 388 g/mol. The van der Waals surface area contributed by atoms with Crippen molar-refractivity contribution in [1.29, 1.82) is 0 Å². The first kappa shape index (κ1) is 20.3. The molecule has 2 atom stereocenters. The highest BCUT2D eigenvalue weighted by molar-refractivity contribution is 6.05. The van der Waals surface area contributed by atoms with Crippen LogP contribution in [0.1, 0.15) is 55.2 Å². The van der Waals surface area contributed by atoms with E-state index in [9.17, 15) is 14.7 Å². The maximum atomic E-state index is 12.9. The normalized spacial score (nSPS) is 17.4. The summed E-state index contributed by atoms with van der Waals surface area (Å²) in [7, 11) is 0. The fourth-order valence-electron chi connectivity index (χ4n) is 3.70. The summed E-state index contributed by atoms with van der Waals surface area (Å²) in [6.07, 6.45) is 3.97. The van der Waals surface area contributed by atoms with E-state index in [-0.39, 0.29) is 24.4 Å². The first-order chi connectivity index (χ1) is 13.4. The highest BCUT2D eigenvalue weighted by atomic mass is 16.5. The van der Waals surface area contributed by atoms with Crippen molar-refractivity contribution in [2.24, 2.45) is 11.8 Å². The third-order valence-electron chi connectivity index (χ3n) is 5.58. The minimum atomic E-state index is -0.882. The van der Waals surface area contributed by atoms with Gasteiger partial charge in [-0.05, 0) is 45.1 Å². The molecule has 0 radical (unpaired) electrons. The topological polar surface area (TPSA) is 106 Å². The molecule has 0 saturated carbocycles. The van der Waals surface area contributed by atoms with Crippen LogP contribution in [-0.2, 0) is 9.53 Å². The minimum Gasteiger partial charge on any atom is -0.481 e. The number of carboxylic acids is 1. The fraction of sp³-hybridized carbons (Fsp3) is 0.600. The number of fused-ring (bicyclic) bond motifs is 1. The van der Waals surface area contributed by atoms with Gasteiger partial charge in [0.05, 0.1) is 29.1 Å². The van der Waals surface area contributed by atoms with Gasteiger partial charge in [-0.1, -0.05) is 6.92 Å². The summed E-state index contributed by atoms with van der Waals surface area (Å²) in [5.74, 6) is -1.78. The Morgan fingerprint density at radius 2 is 2.11 bits per heavy atom. The number of carboxylic acid groups (broad SMARTS) is 1. The molecule has 1 aliphatic heterocycles. The predicted molar refractivity (Wildman–Crippen MR) is 104 cm³/mol. The van der Waals surface area contributed by atoms with E-state index in [1.807, 2.05) is 11.6 Å². The molecule has 8 nitrogen and oxygen atoms in total. The molecule has 8 heteroatoms. The third kappa shape index (κ3) is 4.16. The molecule has 2 aromatic rings. The van der Waals surface area contributed by atoms with Gasteiger partial charge < -0.3 is 15.2 Å². The van der Waals surface area contributed by atoms with E-state index < -0.39 is 11.9 Å². The van der Waals surface area contributed by atoms with Gasteiger partial charge in [-0.25, -0.2) is 9.67 Å². The van der Waals surface area contributed by atoms with Crippen LogP contribution in [0.2, 0.25) is 0 Å². The van der Waals surface area contributed by atoms with Crippen LogP contribution in [0.3, 0.4) is 0 Å². The van der Waals surface area contributed by atoms with Crippen LogP contribution in [0.15, 0.2) is 12.3 Å². The molecular formula is C20H28N4O4. The van der Waals surface area contributed by atoms with Crippen molar-refractivity contribution in [2.45, 2.75) is 46.1 Å². The molecule has 1 amide bonds. The zero-order valence-corrected chi connectivity index (χ0v) is 16.6. The number of ether oxygens (including phenoxy) is 1. The maximum Gasteiger partial charge on any atom is 0.308 e. The number of carbonyl (C=O) groups excluding carboxylic acids is 1. The van der Waals surface area contributed by atoms with Gasteiger partial charge in [0.1, 0.15) is 0 Å². The number of rotatable bonds is 7. The van der Waals surface area contributed by atoms with Gasteiger partial charge in [0.2, 0.25) is 0 Å². The molecule has 1 aliphatic rings. The molecule has 2 aromatic heterocycles. The highest BCUT2D eigenvalue weighted by Crippen LogP contribution is 2.25. The molecular weight excluding hydrogens is 360 g/mol. The zero-order chi connectivity index (χ0) is 20.3. The van der Waals surface area contributed by atoms with E-state index in [0.717, 1.165) is 12.1 Å². The zero-order valence-electron chi connectivity index (χ0n) is 16.6. The summed E-state index contributed by atoms with van der Waals surface area (Å²) >= 11 is 0. The minimum absolute atomic E-state index is 0.0129. The lowest BCUT2D eigenvalue weighted by Crippen LogP contribution is -2.39. The summed E-state index contributed by atoms with van der Waals surface area (Å²) in [4.78, 5) is 29.1. The summed E-state index contributed by atoms with van der Waals surface area (Å²) in [6, 6.07) is 1.90. The van der Waals surface area contributed by atoms with Gasteiger partial charge in [0.25, 0.3) is 5.91 Å². The van der Waals surface area contributed by atoms with Crippen molar-refractivity contribution < 1.29 is 19.4 Å². The average Bonchev–Trinajstić information content (AvgIpc) is 3.11. The van der Waals surface area contributed by atoms with Crippen LogP contribution in [0.25, 0.3) is 11.0 Å². The molecule has 0 aromatic carbocycles. The van der Waals surface area contributed by atoms with Gasteiger partial charge in [-0.2, -0.15) is 5.10 Å². The monoisotopic (exact) mass is 388 g/mol. The van der Waals surface area contributed by atoms with E-state index in [4.69, 9.17) is 4.74 Å². The number of aromatic nitrogens is 3. The molecule has 0 spiro atoms. The smallest absolute Gasteiger partial charge is 0.308 e. The molecule has 2 unspecified atom stereocenters. The number of aliphatic carboxylic acids is 1. The summed E-state index contributed by atoms with van der Waals surface area (Å²) in [5.41, 5.74) is 1.88. The number of pyridine rings is 1. The number of nitrogens with zero attached hydrogens (tertiary/aromatic N) is 3. The van der Waals surface area contributed by atoms with Crippen molar-refractivity contribution in [1.82, 2.24) is 20.1 Å². The number of hydrogen-bond donors (Lipinski definition) is 2. The molecule has 1 fully saturated rings. The van der Waals surface area contributed by atoms with Crippen LogP contribution >= 0.6 is 0 Å². The first-order valence-electron chi connectivity index (χ1n) is 9.86. The second-order valence-corrected chi connectivity index (χ2v) is 7.50.